The number of amides is 1. The van der Waals surface area contributed by atoms with Crippen LogP contribution in [0.3, 0.4) is 0 Å². The van der Waals surface area contributed by atoms with Gasteiger partial charge in [0, 0.05) is 22.8 Å². The Kier molecular flexibility index (Phi) is 6.19. The highest BCUT2D eigenvalue weighted by Gasteiger charge is 2.13. The number of thioether (sulfide) groups is 1. The molecule has 2 aromatic carbocycles. The number of aromatic nitrogens is 2. The zero-order valence-electron chi connectivity index (χ0n) is 15.2. The van der Waals surface area contributed by atoms with Crippen LogP contribution in [-0.2, 0) is 11.3 Å². The first-order valence-corrected chi connectivity index (χ1v) is 10.0. The molecule has 0 saturated carbocycles. The highest BCUT2D eigenvalue weighted by molar-refractivity contribution is 7.99. The summed E-state index contributed by atoms with van der Waals surface area (Å²) in [5, 5.41) is 4.27. The molecule has 7 heteroatoms. The van der Waals surface area contributed by atoms with E-state index in [4.69, 9.17) is 11.6 Å². The second kappa shape index (κ2) is 8.59. The molecule has 140 valence electrons. The number of hydrogen-bond acceptors (Lipinski definition) is 4. The maximum absolute atomic E-state index is 12.3. The molecule has 0 atom stereocenters. The van der Waals surface area contributed by atoms with E-state index in [-0.39, 0.29) is 17.4 Å². The molecule has 1 aromatic heterocycles. The van der Waals surface area contributed by atoms with Crippen LogP contribution in [0.5, 0.6) is 0 Å². The lowest BCUT2D eigenvalue weighted by molar-refractivity contribution is -0.113. The molecule has 3 rings (SSSR count). The Morgan fingerprint density at radius 1 is 1.22 bits per heavy atom. The van der Waals surface area contributed by atoms with Crippen LogP contribution in [-0.4, -0.2) is 27.0 Å². The Morgan fingerprint density at radius 3 is 2.78 bits per heavy atom. The van der Waals surface area contributed by atoms with Gasteiger partial charge in [0.25, 0.3) is 0 Å². The van der Waals surface area contributed by atoms with Crippen LogP contribution < -0.4 is 5.32 Å². The lowest BCUT2D eigenvalue weighted by Crippen LogP contribution is -2.15. The molecule has 3 aromatic rings. The number of fused-ring (bicyclic) bond motifs is 1. The molecule has 0 aliphatic rings. The summed E-state index contributed by atoms with van der Waals surface area (Å²) in [5.74, 6) is 0.0479. The van der Waals surface area contributed by atoms with Crippen LogP contribution >= 0.6 is 23.4 Å². The van der Waals surface area contributed by atoms with Crippen molar-refractivity contribution >= 4 is 51.8 Å². The van der Waals surface area contributed by atoms with Crippen molar-refractivity contribution in [2.75, 3.05) is 11.1 Å². The third-order valence-corrected chi connectivity index (χ3v) is 5.22. The number of nitrogens with zero attached hydrogens (tertiary/aromatic N) is 2. The average Bonchev–Trinajstić information content (AvgIpc) is 2.97. The molecule has 27 heavy (non-hydrogen) atoms. The molecule has 1 amide bonds. The van der Waals surface area contributed by atoms with Gasteiger partial charge in [0.15, 0.2) is 10.9 Å². The highest BCUT2D eigenvalue weighted by atomic mass is 35.5. The van der Waals surface area contributed by atoms with Crippen LogP contribution in [0.4, 0.5) is 5.69 Å². The predicted octanol–water partition coefficient (Wildman–Crippen LogP) is 5.03. The Morgan fingerprint density at radius 2 is 2.04 bits per heavy atom. The molecule has 1 N–H and O–H groups in total. The summed E-state index contributed by atoms with van der Waals surface area (Å²) < 4.78 is 2.11. The Labute approximate surface area is 167 Å². The SMILES string of the molecule is CCCn1c(SCC(=O)Nc2cccc(C(C)=O)c2)nc2cc(Cl)ccc21. The first-order chi connectivity index (χ1) is 13.0. The summed E-state index contributed by atoms with van der Waals surface area (Å²) >= 11 is 7.45. The number of hydrogen-bond donors (Lipinski definition) is 1. The normalized spacial score (nSPS) is 10.9. The van der Waals surface area contributed by atoms with Crippen molar-refractivity contribution < 1.29 is 9.59 Å². The fraction of sp³-hybridized carbons (Fsp3) is 0.250. The Bertz CT molecular complexity index is 1000. The first kappa shape index (κ1) is 19.5. The number of Topliss-reactive ketones (excluding diaryl/α,β-unsaturated/α-hetero) is 1. The van der Waals surface area contributed by atoms with Crippen molar-refractivity contribution in [1.82, 2.24) is 9.55 Å². The molecular formula is C20H20ClN3O2S. The number of ketones is 1. The van der Waals surface area contributed by atoms with Crippen LogP contribution in [0.15, 0.2) is 47.6 Å². The molecular weight excluding hydrogens is 382 g/mol. The second-order valence-electron chi connectivity index (χ2n) is 6.15. The number of halogens is 1. The van der Waals surface area contributed by atoms with E-state index in [1.165, 1.54) is 18.7 Å². The monoisotopic (exact) mass is 401 g/mol. The molecule has 0 fully saturated rings. The second-order valence-corrected chi connectivity index (χ2v) is 7.53. The van der Waals surface area contributed by atoms with E-state index in [0.717, 1.165) is 29.2 Å². The predicted molar refractivity (Wildman–Crippen MR) is 111 cm³/mol. The summed E-state index contributed by atoms with van der Waals surface area (Å²) in [7, 11) is 0. The maximum atomic E-state index is 12.3. The van der Waals surface area contributed by atoms with Gasteiger partial charge in [-0.05, 0) is 43.7 Å². The van der Waals surface area contributed by atoms with E-state index in [2.05, 4.69) is 21.8 Å². The lowest BCUT2D eigenvalue weighted by atomic mass is 10.1. The van der Waals surface area contributed by atoms with Crippen molar-refractivity contribution in [3.8, 4) is 0 Å². The van der Waals surface area contributed by atoms with Crippen molar-refractivity contribution in [2.24, 2.45) is 0 Å². The summed E-state index contributed by atoms with van der Waals surface area (Å²) in [5.41, 5.74) is 3.02. The molecule has 0 radical (unpaired) electrons. The minimum atomic E-state index is -0.145. The van der Waals surface area contributed by atoms with Gasteiger partial charge in [0.05, 0.1) is 16.8 Å². The lowest BCUT2D eigenvalue weighted by Gasteiger charge is -2.08. The van der Waals surface area contributed by atoms with Crippen LogP contribution in [0.25, 0.3) is 11.0 Å². The molecule has 0 aliphatic heterocycles. The van der Waals surface area contributed by atoms with Crippen molar-refractivity contribution in [1.29, 1.82) is 0 Å². The zero-order valence-corrected chi connectivity index (χ0v) is 16.7. The summed E-state index contributed by atoms with van der Waals surface area (Å²) in [4.78, 5) is 28.4. The van der Waals surface area contributed by atoms with Crippen LogP contribution in [0.2, 0.25) is 5.02 Å². The van der Waals surface area contributed by atoms with E-state index < -0.39 is 0 Å². The van der Waals surface area contributed by atoms with Gasteiger partial charge < -0.3 is 9.88 Å². The highest BCUT2D eigenvalue weighted by Crippen LogP contribution is 2.26. The number of imidazole rings is 1. The largest absolute Gasteiger partial charge is 0.325 e. The number of carbonyl (C=O) groups excluding carboxylic acids is 2. The third kappa shape index (κ3) is 4.70. The minimum absolute atomic E-state index is 0.0348. The molecule has 0 bridgehead atoms. The molecule has 0 aliphatic carbocycles. The van der Waals surface area contributed by atoms with Gasteiger partial charge in [0.2, 0.25) is 5.91 Å². The average molecular weight is 402 g/mol. The van der Waals surface area contributed by atoms with Crippen molar-refractivity contribution in [3.63, 3.8) is 0 Å². The summed E-state index contributed by atoms with van der Waals surface area (Å²) in [6, 6.07) is 12.6. The van der Waals surface area contributed by atoms with Gasteiger partial charge >= 0.3 is 0 Å². The smallest absolute Gasteiger partial charge is 0.234 e. The number of carbonyl (C=O) groups is 2. The number of anilines is 1. The van der Waals surface area contributed by atoms with E-state index in [1.807, 2.05) is 18.2 Å². The van der Waals surface area contributed by atoms with Gasteiger partial charge in [0.1, 0.15) is 0 Å². The van der Waals surface area contributed by atoms with E-state index in [9.17, 15) is 9.59 Å². The summed E-state index contributed by atoms with van der Waals surface area (Å²) in [6.45, 7) is 4.43. The standard InChI is InChI=1S/C20H20ClN3O2S/c1-3-9-24-18-8-7-15(21)11-17(18)23-20(24)27-12-19(26)22-16-6-4-5-14(10-16)13(2)25/h4-8,10-11H,3,9,12H2,1-2H3,(H,22,26). The van der Waals surface area contributed by atoms with Gasteiger partial charge in [-0.3, -0.25) is 9.59 Å². The van der Waals surface area contributed by atoms with Gasteiger partial charge in [-0.2, -0.15) is 0 Å². The molecule has 0 saturated heterocycles. The fourth-order valence-corrected chi connectivity index (χ4v) is 3.78. The minimum Gasteiger partial charge on any atom is -0.325 e. The summed E-state index contributed by atoms with van der Waals surface area (Å²) in [6.07, 6.45) is 0.964. The maximum Gasteiger partial charge on any atom is 0.234 e. The van der Waals surface area contributed by atoms with Crippen molar-refractivity contribution in [3.05, 3.63) is 53.1 Å². The number of benzene rings is 2. The molecule has 1 heterocycles. The van der Waals surface area contributed by atoms with Crippen molar-refractivity contribution in [2.45, 2.75) is 32.0 Å². The van der Waals surface area contributed by atoms with Crippen LogP contribution in [0, 0.1) is 0 Å². The van der Waals surface area contributed by atoms with Gasteiger partial charge in [-0.15, -0.1) is 0 Å². The number of aryl methyl sites for hydroxylation is 1. The topological polar surface area (TPSA) is 64.0 Å². The zero-order chi connectivity index (χ0) is 19.4. The Balaban J connectivity index is 1.72. The number of rotatable bonds is 7. The van der Waals surface area contributed by atoms with E-state index in [1.54, 1.807) is 24.3 Å². The molecule has 0 unspecified atom stereocenters. The first-order valence-electron chi connectivity index (χ1n) is 8.67. The molecule has 5 nitrogen and oxygen atoms in total. The van der Waals surface area contributed by atoms with Gasteiger partial charge in [-0.1, -0.05) is 42.4 Å². The third-order valence-electron chi connectivity index (χ3n) is 4.01. The van der Waals surface area contributed by atoms with E-state index >= 15 is 0 Å². The molecule has 0 spiro atoms. The van der Waals surface area contributed by atoms with Crippen LogP contribution in [0.1, 0.15) is 30.6 Å². The van der Waals surface area contributed by atoms with E-state index in [0.29, 0.717) is 16.3 Å². The fourth-order valence-electron chi connectivity index (χ4n) is 2.77. The quantitative estimate of drug-likeness (QED) is 0.445. The van der Waals surface area contributed by atoms with Gasteiger partial charge in [-0.25, -0.2) is 4.98 Å². The Hall–Kier alpha value is -2.31. The number of nitrogens with one attached hydrogen (secondary N) is 1.